The molecule has 1 saturated carbocycles. The number of fused-ring (bicyclic) bond motifs is 6. The van der Waals surface area contributed by atoms with Crippen molar-refractivity contribution in [2.75, 3.05) is 11.9 Å². The molecule has 1 saturated heterocycles. The molecular formula is C31H26Cl2FN5O2. The number of nitrogens with zero attached hydrogens (tertiary/aromatic N) is 3. The lowest BCUT2D eigenvalue weighted by molar-refractivity contribution is -0.129. The van der Waals surface area contributed by atoms with E-state index < -0.39 is 23.2 Å². The number of amides is 2. The fourth-order valence-corrected chi connectivity index (χ4v) is 8.00. The molecule has 10 heteroatoms. The van der Waals surface area contributed by atoms with E-state index in [1.165, 1.54) is 6.07 Å². The van der Waals surface area contributed by atoms with E-state index >= 15 is 4.39 Å². The molecule has 1 aliphatic carbocycles. The number of carbonyl (C=O) groups is 2. The van der Waals surface area contributed by atoms with E-state index in [0.717, 1.165) is 36.3 Å². The number of imidazole rings is 1. The summed E-state index contributed by atoms with van der Waals surface area (Å²) in [5.41, 5.74) is 8.47. The van der Waals surface area contributed by atoms with Gasteiger partial charge in [-0.1, -0.05) is 41.4 Å². The third-order valence-electron chi connectivity index (χ3n) is 9.57. The molecule has 2 fully saturated rings. The number of primary amides is 1. The van der Waals surface area contributed by atoms with E-state index in [4.69, 9.17) is 33.9 Å². The van der Waals surface area contributed by atoms with Gasteiger partial charge in [-0.2, -0.15) is 0 Å². The topological polar surface area (TPSA) is 93.2 Å². The molecule has 0 bridgehead atoms. The normalized spacial score (nSPS) is 26.7. The number of anilines is 1. The lowest BCUT2D eigenvalue weighted by Gasteiger charge is -2.46. The molecule has 4 atom stereocenters. The molecule has 1 spiro atoms. The summed E-state index contributed by atoms with van der Waals surface area (Å²) in [6.45, 7) is 1.34. The predicted molar refractivity (Wildman–Crippen MR) is 155 cm³/mol. The Balaban J connectivity index is 1.37. The number of halogens is 3. The number of likely N-dealkylation sites (tertiary alicyclic amines) is 1. The Morgan fingerprint density at radius 1 is 1.15 bits per heavy atom. The molecular weight excluding hydrogens is 564 g/mol. The second kappa shape index (κ2) is 8.77. The van der Waals surface area contributed by atoms with Crippen molar-refractivity contribution in [2.24, 2.45) is 11.7 Å². The lowest BCUT2D eigenvalue weighted by Crippen LogP contribution is -2.61. The Morgan fingerprint density at radius 2 is 1.98 bits per heavy atom. The molecule has 2 amide bonds. The minimum absolute atomic E-state index is 0.0239. The molecule has 4 heterocycles. The maximum absolute atomic E-state index is 16.1. The van der Waals surface area contributed by atoms with E-state index in [1.807, 2.05) is 18.2 Å². The van der Waals surface area contributed by atoms with E-state index in [-0.39, 0.29) is 22.9 Å². The summed E-state index contributed by atoms with van der Waals surface area (Å²) in [6.07, 6.45) is 2.63. The summed E-state index contributed by atoms with van der Waals surface area (Å²) < 4.78 is 18.2. The predicted octanol–water partition coefficient (Wildman–Crippen LogP) is 5.49. The van der Waals surface area contributed by atoms with Crippen LogP contribution in [-0.2, 0) is 17.8 Å². The first kappa shape index (κ1) is 25.3. The van der Waals surface area contributed by atoms with Gasteiger partial charge in [-0.15, -0.1) is 0 Å². The van der Waals surface area contributed by atoms with Crippen molar-refractivity contribution >= 4 is 51.7 Å². The highest BCUT2D eigenvalue weighted by Crippen LogP contribution is 2.61. The molecule has 0 unspecified atom stereocenters. The standard InChI is InChI=1S/C31H26Cl2FN5O2/c32-18-8-6-17-12-31(30(41)37-21(17)11-18)26(19-2-1-3-20(33)27(19)34)25-24(39(31)13-15-4-5-15)14-38-23-9-7-16(28(35)40)10-22(23)36-29(25)38/h1-3,6-11,15,24-26H,4-5,12-14H2,(H2,35,40)(H,37,41)/t24-,25+,26-,31+/m0/s1. The van der Waals surface area contributed by atoms with E-state index in [1.54, 1.807) is 30.3 Å². The van der Waals surface area contributed by atoms with Crippen LogP contribution < -0.4 is 11.1 Å². The lowest BCUT2D eigenvalue weighted by atomic mass is 9.69. The number of hydrogen-bond donors (Lipinski definition) is 2. The zero-order valence-electron chi connectivity index (χ0n) is 21.9. The molecule has 4 aliphatic rings. The Kier molecular flexibility index (Phi) is 5.40. The highest BCUT2D eigenvalue weighted by Gasteiger charge is 2.67. The summed E-state index contributed by atoms with van der Waals surface area (Å²) >= 11 is 12.7. The largest absolute Gasteiger partial charge is 0.366 e. The number of carbonyl (C=O) groups excluding carboxylic acids is 2. The summed E-state index contributed by atoms with van der Waals surface area (Å²) in [5.74, 6) is -0.782. The Morgan fingerprint density at radius 3 is 2.76 bits per heavy atom. The van der Waals surface area contributed by atoms with E-state index in [2.05, 4.69) is 14.8 Å². The molecule has 4 aromatic rings. The van der Waals surface area contributed by atoms with Gasteiger partial charge in [0.05, 0.1) is 16.1 Å². The fraction of sp³-hybridized carbons (Fsp3) is 0.323. The van der Waals surface area contributed by atoms with Crippen LogP contribution >= 0.6 is 23.2 Å². The van der Waals surface area contributed by atoms with Gasteiger partial charge >= 0.3 is 0 Å². The van der Waals surface area contributed by atoms with Crippen molar-refractivity contribution in [1.29, 1.82) is 0 Å². The second-order valence-electron chi connectivity index (χ2n) is 11.8. The Bertz CT molecular complexity index is 1800. The van der Waals surface area contributed by atoms with Crippen LogP contribution in [0.3, 0.4) is 0 Å². The van der Waals surface area contributed by atoms with Crippen LogP contribution in [0.25, 0.3) is 11.0 Å². The molecule has 3 aliphatic heterocycles. The van der Waals surface area contributed by atoms with Gasteiger partial charge in [0.2, 0.25) is 11.8 Å². The molecule has 208 valence electrons. The van der Waals surface area contributed by atoms with Gasteiger partial charge in [0, 0.05) is 53.7 Å². The van der Waals surface area contributed by atoms with Gasteiger partial charge in [-0.25, -0.2) is 9.37 Å². The first-order valence-corrected chi connectivity index (χ1v) is 14.6. The fourth-order valence-electron chi connectivity index (χ4n) is 7.65. The van der Waals surface area contributed by atoms with Crippen LogP contribution in [0, 0.1) is 11.7 Å². The third kappa shape index (κ3) is 3.57. The van der Waals surface area contributed by atoms with E-state index in [9.17, 15) is 9.59 Å². The molecule has 3 N–H and O–H groups in total. The minimum Gasteiger partial charge on any atom is -0.366 e. The number of hydrogen-bond acceptors (Lipinski definition) is 4. The Labute approximate surface area is 245 Å². The van der Waals surface area contributed by atoms with Gasteiger partial charge in [0.25, 0.3) is 0 Å². The monoisotopic (exact) mass is 589 g/mol. The second-order valence-corrected chi connectivity index (χ2v) is 12.7. The smallest absolute Gasteiger partial charge is 0.248 e. The number of aromatic nitrogens is 2. The maximum Gasteiger partial charge on any atom is 0.248 e. The van der Waals surface area contributed by atoms with Gasteiger partial charge < -0.3 is 15.6 Å². The molecule has 1 aromatic heterocycles. The quantitative estimate of drug-likeness (QED) is 0.329. The van der Waals surface area contributed by atoms with Gasteiger partial charge in [0.15, 0.2) is 0 Å². The highest BCUT2D eigenvalue weighted by molar-refractivity contribution is 6.31. The van der Waals surface area contributed by atoms with Crippen LogP contribution in [0.2, 0.25) is 10.0 Å². The average molecular weight is 590 g/mol. The number of rotatable bonds is 4. The van der Waals surface area contributed by atoms with Crippen LogP contribution in [0.15, 0.2) is 54.6 Å². The molecule has 41 heavy (non-hydrogen) atoms. The minimum atomic E-state index is -1.06. The van der Waals surface area contributed by atoms with Crippen molar-refractivity contribution in [3.63, 3.8) is 0 Å². The zero-order chi connectivity index (χ0) is 28.2. The number of nitrogens with one attached hydrogen (secondary N) is 1. The zero-order valence-corrected chi connectivity index (χ0v) is 23.4. The van der Waals surface area contributed by atoms with E-state index in [0.29, 0.717) is 46.2 Å². The van der Waals surface area contributed by atoms with Crippen LogP contribution in [0.4, 0.5) is 10.1 Å². The average Bonchev–Trinajstić information content (AvgIpc) is 3.53. The first-order chi connectivity index (χ1) is 19.8. The summed E-state index contributed by atoms with van der Waals surface area (Å²) in [5, 5.41) is 3.72. The van der Waals surface area contributed by atoms with Crippen molar-refractivity contribution in [1.82, 2.24) is 14.5 Å². The third-order valence-corrected chi connectivity index (χ3v) is 10.1. The van der Waals surface area contributed by atoms with Crippen LogP contribution in [0.1, 0.15) is 52.0 Å². The van der Waals surface area contributed by atoms with Crippen molar-refractivity contribution in [2.45, 2.75) is 49.2 Å². The van der Waals surface area contributed by atoms with Gasteiger partial charge in [-0.3, -0.25) is 14.5 Å². The van der Waals surface area contributed by atoms with Gasteiger partial charge in [-0.05, 0) is 66.3 Å². The summed E-state index contributed by atoms with van der Waals surface area (Å²) in [4.78, 5) is 33.8. The van der Waals surface area contributed by atoms with Crippen molar-refractivity contribution in [3.05, 3.63) is 93.0 Å². The maximum atomic E-state index is 16.1. The molecule has 0 radical (unpaired) electrons. The Hall–Kier alpha value is -3.46. The molecule has 7 nitrogen and oxygen atoms in total. The summed E-state index contributed by atoms with van der Waals surface area (Å²) in [7, 11) is 0. The first-order valence-electron chi connectivity index (χ1n) is 13.9. The number of benzene rings is 3. The number of nitrogens with two attached hydrogens (primary N) is 1. The van der Waals surface area contributed by atoms with Crippen molar-refractivity contribution < 1.29 is 14.0 Å². The SMILES string of the molecule is NC(=O)c1ccc2c(c1)nc1n2C[C@H]2[C@@H]1[C@H](c1cccc(Cl)c1F)[C@@]1(Cc3ccc(Cl)cc3NC1=O)N2CC1CC1. The summed E-state index contributed by atoms with van der Waals surface area (Å²) in [6, 6.07) is 15.8. The van der Waals surface area contributed by atoms with Crippen molar-refractivity contribution in [3.8, 4) is 0 Å². The van der Waals surface area contributed by atoms with Crippen LogP contribution in [0.5, 0.6) is 0 Å². The highest BCUT2D eigenvalue weighted by atomic mass is 35.5. The van der Waals surface area contributed by atoms with Gasteiger partial charge in [0.1, 0.15) is 17.2 Å². The molecule has 3 aromatic carbocycles. The van der Waals surface area contributed by atoms with Crippen LogP contribution in [-0.4, -0.2) is 44.4 Å². The molecule has 8 rings (SSSR count).